The molecule has 2 rings (SSSR count). The van der Waals surface area contributed by atoms with Crippen LogP contribution in [0.25, 0.3) is 0 Å². The lowest BCUT2D eigenvalue weighted by Gasteiger charge is -2.20. The summed E-state index contributed by atoms with van der Waals surface area (Å²) < 4.78 is 0. The monoisotopic (exact) mass is 606 g/mol. The molecule has 0 radical (unpaired) electrons. The largest absolute Gasteiger partial charge is 0.350 e. The quantitative estimate of drug-likeness (QED) is 0.218. The molecule has 43 heavy (non-hydrogen) atoms. The Bertz CT molecular complexity index is 968. The van der Waals surface area contributed by atoms with Gasteiger partial charge in [-0.2, -0.15) is 0 Å². The fraction of sp³-hybridized carbons (Fsp3) is 0.613. The molecule has 1 aliphatic rings. The summed E-state index contributed by atoms with van der Waals surface area (Å²) >= 11 is 0. The Labute approximate surface area is 257 Å². The molecule has 0 bridgehead atoms. The van der Waals surface area contributed by atoms with Crippen molar-refractivity contribution in [1.29, 1.82) is 0 Å². The highest BCUT2D eigenvalue weighted by Crippen LogP contribution is 2.12. The smallest absolute Gasteiger partial charge is 0.289 e. The molecule has 0 aliphatic carbocycles. The minimum atomic E-state index is -0.978. The van der Waals surface area contributed by atoms with E-state index in [-0.39, 0.29) is 25.0 Å². The average Bonchev–Trinajstić information content (AvgIpc) is 3.45. The second kappa shape index (κ2) is 24.8. The molecule has 2 unspecified atom stereocenters. The minimum Gasteiger partial charge on any atom is -0.350 e. The van der Waals surface area contributed by atoms with Crippen molar-refractivity contribution < 1.29 is 28.8 Å². The number of hydrogen-bond acceptors (Lipinski definition) is 7. The van der Waals surface area contributed by atoms with Gasteiger partial charge in [0.2, 0.25) is 29.9 Å². The highest BCUT2D eigenvalue weighted by Gasteiger charge is 2.28. The third kappa shape index (κ3) is 22.5. The molecule has 1 heterocycles. The fourth-order valence-corrected chi connectivity index (χ4v) is 3.18. The normalized spacial score (nSPS) is 13.9. The Morgan fingerprint density at radius 3 is 1.95 bits per heavy atom. The van der Waals surface area contributed by atoms with E-state index >= 15 is 0 Å². The minimum absolute atomic E-state index is 0.267. The van der Waals surface area contributed by atoms with Crippen molar-refractivity contribution in [3.05, 3.63) is 35.9 Å². The molecule has 1 aromatic rings. The van der Waals surface area contributed by atoms with Crippen molar-refractivity contribution in [2.24, 2.45) is 5.92 Å². The van der Waals surface area contributed by atoms with E-state index in [9.17, 15) is 28.8 Å². The van der Waals surface area contributed by atoms with Crippen LogP contribution in [0.1, 0.15) is 59.9 Å². The molecular formula is C31H54N6O6. The summed E-state index contributed by atoms with van der Waals surface area (Å²) in [6, 6.07) is 9.56. The number of carbonyl (C=O) groups is 6. The Balaban J connectivity index is 0. The van der Waals surface area contributed by atoms with Gasteiger partial charge < -0.3 is 31.1 Å². The number of nitrogens with one attached hydrogen (secondary N) is 4. The lowest BCUT2D eigenvalue weighted by atomic mass is 10.2. The number of hydrogen-bond donors (Lipinski definition) is 4. The molecule has 0 spiro atoms. The number of aryl methyl sites for hydroxylation is 1. The van der Waals surface area contributed by atoms with E-state index in [1.165, 1.54) is 18.9 Å². The van der Waals surface area contributed by atoms with Gasteiger partial charge in [-0.25, -0.2) is 0 Å². The maximum absolute atomic E-state index is 12.1. The predicted molar refractivity (Wildman–Crippen MR) is 169 cm³/mol. The zero-order valence-electron chi connectivity index (χ0n) is 27.5. The molecule has 4 N–H and O–H groups in total. The van der Waals surface area contributed by atoms with Crippen LogP contribution in [-0.2, 0) is 28.8 Å². The third-order valence-electron chi connectivity index (χ3n) is 5.38. The molecule has 1 fully saturated rings. The zero-order valence-corrected chi connectivity index (χ0v) is 27.5. The molecule has 5 amide bonds. The van der Waals surface area contributed by atoms with Gasteiger partial charge >= 0.3 is 0 Å². The Kier molecular flexibility index (Phi) is 23.8. The number of amides is 5. The topological polar surface area (TPSA) is 157 Å². The van der Waals surface area contributed by atoms with Gasteiger partial charge in [0.05, 0.1) is 19.6 Å². The van der Waals surface area contributed by atoms with E-state index in [0.29, 0.717) is 19.5 Å². The molecule has 1 aliphatic heterocycles. The number of likely N-dealkylation sites (N-methyl/N-ethyl adjacent to an activating group) is 1. The van der Waals surface area contributed by atoms with E-state index < -0.39 is 36.1 Å². The average molecular weight is 607 g/mol. The van der Waals surface area contributed by atoms with Crippen molar-refractivity contribution in [1.82, 2.24) is 31.1 Å². The van der Waals surface area contributed by atoms with E-state index in [1.54, 1.807) is 4.90 Å². The van der Waals surface area contributed by atoms with Crippen LogP contribution >= 0.6 is 0 Å². The number of nitrogens with zero attached hydrogens (tertiary/aromatic N) is 2. The molecule has 0 aromatic heterocycles. The molecular weight excluding hydrogens is 552 g/mol. The van der Waals surface area contributed by atoms with E-state index in [1.807, 2.05) is 37.2 Å². The van der Waals surface area contributed by atoms with Crippen LogP contribution in [0.4, 0.5) is 0 Å². The number of benzene rings is 1. The molecule has 12 heteroatoms. The molecule has 1 aromatic carbocycles. The van der Waals surface area contributed by atoms with Crippen LogP contribution in [0.15, 0.2) is 30.3 Å². The van der Waals surface area contributed by atoms with Crippen LogP contribution in [-0.4, -0.2) is 105 Å². The molecule has 244 valence electrons. The van der Waals surface area contributed by atoms with Crippen LogP contribution in [0.2, 0.25) is 0 Å². The van der Waals surface area contributed by atoms with Gasteiger partial charge in [-0.1, -0.05) is 76.9 Å². The zero-order chi connectivity index (χ0) is 33.4. The van der Waals surface area contributed by atoms with Gasteiger partial charge in [-0.3, -0.25) is 28.8 Å². The summed E-state index contributed by atoms with van der Waals surface area (Å²) in [5.74, 6) is -2.59. The molecule has 2 atom stereocenters. The Morgan fingerprint density at radius 1 is 0.953 bits per heavy atom. The summed E-state index contributed by atoms with van der Waals surface area (Å²) in [6.45, 7) is 14.2. The first kappa shape index (κ1) is 41.3. The van der Waals surface area contributed by atoms with E-state index in [0.717, 1.165) is 12.3 Å². The lowest BCUT2D eigenvalue weighted by Crippen LogP contribution is -2.49. The number of likely N-dealkylation sites (tertiary alicyclic amines) is 1. The van der Waals surface area contributed by atoms with E-state index in [2.05, 4.69) is 74.9 Å². The second-order valence-electron chi connectivity index (χ2n) is 11.0. The maximum Gasteiger partial charge on any atom is 0.289 e. The predicted octanol–water partition coefficient (Wildman–Crippen LogP) is 1.27. The Hall–Kier alpha value is -3.80. The maximum atomic E-state index is 12.1. The van der Waals surface area contributed by atoms with Crippen LogP contribution in [0.3, 0.4) is 0 Å². The number of carbonyl (C=O) groups excluding carboxylic acids is 6. The van der Waals surface area contributed by atoms with Crippen molar-refractivity contribution in [3.8, 4) is 0 Å². The van der Waals surface area contributed by atoms with Crippen LogP contribution < -0.4 is 21.3 Å². The summed E-state index contributed by atoms with van der Waals surface area (Å²) in [6.07, 6.45) is 2.44. The van der Waals surface area contributed by atoms with Crippen molar-refractivity contribution in [3.63, 3.8) is 0 Å². The number of ketones is 1. The summed E-state index contributed by atoms with van der Waals surface area (Å²) in [5.41, 5.74) is 1.32. The fourth-order valence-electron chi connectivity index (χ4n) is 3.18. The SMILES string of the molecule is CC(C)C.CC(NC(=O)CNC=O)C(=O)NCC(=O)C(=O)NCC(=O)N1CCC(N(C)C)C1.CCC.Cc1ccccc1. The first-order chi connectivity index (χ1) is 20.2. The lowest BCUT2D eigenvalue weighted by molar-refractivity contribution is -0.139. The third-order valence-corrected chi connectivity index (χ3v) is 5.38. The van der Waals surface area contributed by atoms with Gasteiger partial charge in [0.15, 0.2) is 0 Å². The first-order valence-corrected chi connectivity index (χ1v) is 14.7. The van der Waals surface area contributed by atoms with Crippen molar-refractivity contribution in [2.75, 3.05) is 46.8 Å². The summed E-state index contributed by atoms with van der Waals surface area (Å²) in [5, 5.41) is 8.94. The summed E-state index contributed by atoms with van der Waals surface area (Å²) in [7, 11) is 3.86. The highest BCUT2D eigenvalue weighted by molar-refractivity contribution is 6.37. The Morgan fingerprint density at radius 2 is 1.51 bits per heavy atom. The van der Waals surface area contributed by atoms with Gasteiger partial charge in [0, 0.05) is 19.1 Å². The first-order valence-electron chi connectivity index (χ1n) is 14.7. The highest BCUT2D eigenvalue weighted by atomic mass is 16.2. The van der Waals surface area contributed by atoms with Crippen LogP contribution in [0.5, 0.6) is 0 Å². The standard InChI is InChI=1S/C17H28N6O6.C7H8.C4H10.C3H8/c1-11(21-14(26)7-18-10-24)16(28)19-6-13(25)17(29)20-8-15(27)23-5-4-12(9-23)22(2)3;1-7-5-3-2-4-6-7;1-4(2)3;1-3-2/h10-12H,4-9H2,1-3H3,(H,18,24)(H,19,28)(H,20,29)(H,21,26);2-6H,1H3;4H,1-3H3;3H2,1-2H3. The van der Waals surface area contributed by atoms with Gasteiger partial charge in [0.1, 0.15) is 6.04 Å². The van der Waals surface area contributed by atoms with Gasteiger partial charge in [-0.15, -0.1) is 0 Å². The summed E-state index contributed by atoms with van der Waals surface area (Å²) in [4.78, 5) is 72.7. The van der Waals surface area contributed by atoms with Gasteiger partial charge in [-0.05, 0) is 40.3 Å². The van der Waals surface area contributed by atoms with Gasteiger partial charge in [0.25, 0.3) is 5.91 Å². The molecule has 1 saturated heterocycles. The number of rotatable bonds is 11. The van der Waals surface area contributed by atoms with Crippen molar-refractivity contribution in [2.45, 2.75) is 73.4 Å². The molecule has 12 nitrogen and oxygen atoms in total. The van der Waals surface area contributed by atoms with E-state index in [4.69, 9.17) is 0 Å². The molecule has 0 saturated carbocycles. The number of Topliss-reactive ketones (excluding diaryl/α,β-unsaturated/α-hetero) is 1. The van der Waals surface area contributed by atoms with Crippen molar-refractivity contribution >= 4 is 35.8 Å². The van der Waals surface area contributed by atoms with Crippen LogP contribution in [0, 0.1) is 12.8 Å². The second-order valence-corrected chi connectivity index (χ2v) is 11.0.